The molecular formula is C14H20BrN3O2. The number of nitrogens with one attached hydrogen (secondary N) is 2. The number of aliphatic imine (C=N–C) groups is 1. The first-order valence-corrected chi connectivity index (χ1v) is 7.52. The molecule has 6 heteroatoms. The lowest BCUT2D eigenvalue weighted by Crippen LogP contribution is -2.40. The zero-order chi connectivity index (χ0) is 14.5. The van der Waals surface area contributed by atoms with Gasteiger partial charge in [0.25, 0.3) is 0 Å². The van der Waals surface area contributed by atoms with Gasteiger partial charge in [0.2, 0.25) is 6.79 Å². The van der Waals surface area contributed by atoms with Gasteiger partial charge in [0.05, 0.1) is 11.0 Å². The van der Waals surface area contributed by atoms with Gasteiger partial charge in [-0.05, 0) is 54.4 Å². The van der Waals surface area contributed by atoms with Crippen molar-refractivity contribution in [2.75, 3.05) is 13.3 Å². The molecule has 0 saturated carbocycles. The third-order valence-corrected chi connectivity index (χ3v) is 3.27. The molecule has 2 rings (SSSR count). The Hall–Kier alpha value is -1.43. The summed E-state index contributed by atoms with van der Waals surface area (Å²) in [6.07, 6.45) is 0. The van der Waals surface area contributed by atoms with Crippen LogP contribution in [0, 0.1) is 0 Å². The Bertz CT molecular complexity index is 503. The fraction of sp³-hybridized carbons (Fsp3) is 0.500. The van der Waals surface area contributed by atoms with E-state index in [1.165, 1.54) is 0 Å². The van der Waals surface area contributed by atoms with Gasteiger partial charge in [-0.25, -0.2) is 4.99 Å². The molecule has 5 nitrogen and oxygen atoms in total. The van der Waals surface area contributed by atoms with Gasteiger partial charge in [-0.2, -0.15) is 0 Å². The molecule has 20 heavy (non-hydrogen) atoms. The van der Waals surface area contributed by atoms with E-state index < -0.39 is 0 Å². The molecule has 0 unspecified atom stereocenters. The number of guanidine groups is 1. The Morgan fingerprint density at radius 1 is 1.40 bits per heavy atom. The maximum atomic E-state index is 5.41. The second kappa shape index (κ2) is 6.83. The molecule has 0 aromatic heterocycles. The molecule has 0 atom stereocenters. The molecular weight excluding hydrogens is 322 g/mol. The quantitative estimate of drug-likeness (QED) is 0.653. The maximum absolute atomic E-state index is 5.41. The van der Waals surface area contributed by atoms with Crippen molar-refractivity contribution in [2.45, 2.75) is 33.4 Å². The first-order valence-electron chi connectivity index (χ1n) is 6.73. The predicted octanol–water partition coefficient (Wildman–Crippen LogP) is 2.64. The van der Waals surface area contributed by atoms with Crippen molar-refractivity contribution < 1.29 is 9.47 Å². The lowest BCUT2D eigenvalue weighted by atomic mass is 10.2. The van der Waals surface area contributed by atoms with E-state index >= 15 is 0 Å². The standard InChI is InChI=1S/C14H20BrN3O2/c1-4-16-14(18-9(2)3)17-7-10-5-11(15)13-12(6-10)19-8-20-13/h5-6,9H,4,7-8H2,1-3H3,(H2,16,17,18). The van der Waals surface area contributed by atoms with Crippen molar-refractivity contribution >= 4 is 21.9 Å². The summed E-state index contributed by atoms with van der Waals surface area (Å²) in [5.74, 6) is 2.35. The molecule has 1 heterocycles. The first kappa shape index (κ1) is 15.0. The van der Waals surface area contributed by atoms with Crippen LogP contribution in [-0.2, 0) is 6.54 Å². The lowest BCUT2D eigenvalue weighted by Gasteiger charge is -2.14. The molecule has 0 bridgehead atoms. The average Bonchev–Trinajstić information content (AvgIpc) is 2.84. The van der Waals surface area contributed by atoms with Crippen molar-refractivity contribution in [1.29, 1.82) is 0 Å². The SMILES string of the molecule is CCNC(=NCc1cc(Br)c2c(c1)OCO2)NC(C)C. The molecule has 0 radical (unpaired) electrons. The minimum absolute atomic E-state index is 0.276. The lowest BCUT2D eigenvalue weighted by molar-refractivity contribution is 0.173. The van der Waals surface area contributed by atoms with Crippen LogP contribution in [0.15, 0.2) is 21.6 Å². The summed E-state index contributed by atoms with van der Waals surface area (Å²) in [4.78, 5) is 4.57. The van der Waals surface area contributed by atoms with Gasteiger partial charge >= 0.3 is 0 Å². The predicted molar refractivity (Wildman–Crippen MR) is 83.4 cm³/mol. The van der Waals surface area contributed by atoms with Crippen molar-refractivity contribution in [1.82, 2.24) is 10.6 Å². The normalized spacial score (nSPS) is 13.8. The van der Waals surface area contributed by atoms with Crippen LogP contribution in [0.4, 0.5) is 0 Å². The molecule has 1 aliphatic rings. The van der Waals surface area contributed by atoms with E-state index in [4.69, 9.17) is 9.47 Å². The summed E-state index contributed by atoms with van der Waals surface area (Å²) in [6, 6.07) is 4.32. The zero-order valence-corrected chi connectivity index (χ0v) is 13.6. The van der Waals surface area contributed by atoms with Crippen LogP contribution in [0.25, 0.3) is 0 Å². The number of nitrogens with zero attached hydrogens (tertiary/aromatic N) is 1. The Kier molecular flexibility index (Phi) is 5.11. The van der Waals surface area contributed by atoms with Gasteiger partial charge in [-0.3, -0.25) is 0 Å². The molecule has 1 aromatic carbocycles. The van der Waals surface area contributed by atoms with E-state index in [0.717, 1.165) is 34.0 Å². The maximum Gasteiger partial charge on any atom is 0.231 e. The summed E-state index contributed by atoms with van der Waals surface area (Å²) in [6.45, 7) is 7.92. The fourth-order valence-electron chi connectivity index (χ4n) is 1.88. The molecule has 0 amide bonds. The van der Waals surface area contributed by atoms with Crippen LogP contribution in [0.3, 0.4) is 0 Å². The van der Waals surface area contributed by atoms with E-state index in [9.17, 15) is 0 Å². The summed E-state index contributed by atoms with van der Waals surface area (Å²) in [5, 5.41) is 6.51. The number of hydrogen-bond donors (Lipinski definition) is 2. The van der Waals surface area contributed by atoms with Gasteiger partial charge in [0.15, 0.2) is 17.5 Å². The number of hydrogen-bond acceptors (Lipinski definition) is 3. The monoisotopic (exact) mass is 341 g/mol. The number of benzene rings is 1. The largest absolute Gasteiger partial charge is 0.454 e. The van der Waals surface area contributed by atoms with Crippen molar-refractivity contribution in [3.8, 4) is 11.5 Å². The van der Waals surface area contributed by atoms with E-state index in [0.29, 0.717) is 12.6 Å². The summed E-state index contributed by atoms with van der Waals surface area (Å²) < 4.78 is 11.7. The first-order chi connectivity index (χ1) is 9.60. The number of fused-ring (bicyclic) bond motifs is 1. The molecule has 2 N–H and O–H groups in total. The summed E-state index contributed by atoms with van der Waals surface area (Å²) >= 11 is 3.49. The minimum atomic E-state index is 0.276. The molecule has 0 spiro atoms. The van der Waals surface area contributed by atoms with Crippen LogP contribution < -0.4 is 20.1 Å². The van der Waals surface area contributed by atoms with E-state index in [1.807, 2.05) is 12.1 Å². The van der Waals surface area contributed by atoms with Crippen LogP contribution in [0.5, 0.6) is 11.5 Å². The van der Waals surface area contributed by atoms with Gasteiger partial charge in [-0.15, -0.1) is 0 Å². The third kappa shape index (κ3) is 3.79. The Morgan fingerprint density at radius 3 is 2.90 bits per heavy atom. The molecule has 0 saturated heterocycles. The second-order valence-electron chi connectivity index (χ2n) is 4.81. The van der Waals surface area contributed by atoms with Crippen molar-refractivity contribution in [2.24, 2.45) is 4.99 Å². The van der Waals surface area contributed by atoms with Gasteiger partial charge < -0.3 is 20.1 Å². The average molecular weight is 342 g/mol. The highest BCUT2D eigenvalue weighted by atomic mass is 79.9. The van der Waals surface area contributed by atoms with E-state index in [-0.39, 0.29) is 6.79 Å². The Balaban J connectivity index is 2.10. The smallest absolute Gasteiger partial charge is 0.231 e. The van der Waals surface area contributed by atoms with Crippen molar-refractivity contribution in [3.63, 3.8) is 0 Å². The fourth-order valence-corrected chi connectivity index (χ4v) is 2.48. The molecule has 1 aliphatic heterocycles. The van der Waals surface area contributed by atoms with Gasteiger partial charge in [-0.1, -0.05) is 0 Å². The summed E-state index contributed by atoms with van der Waals surface area (Å²) in [5.41, 5.74) is 1.07. The summed E-state index contributed by atoms with van der Waals surface area (Å²) in [7, 11) is 0. The number of ether oxygens (including phenoxy) is 2. The van der Waals surface area contributed by atoms with E-state index in [1.54, 1.807) is 0 Å². The van der Waals surface area contributed by atoms with Crippen LogP contribution in [-0.4, -0.2) is 25.3 Å². The number of halogens is 1. The van der Waals surface area contributed by atoms with Crippen LogP contribution in [0.2, 0.25) is 0 Å². The highest BCUT2D eigenvalue weighted by Gasteiger charge is 2.17. The molecule has 0 fully saturated rings. The number of rotatable bonds is 4. The van der Waals surface area contributed by atoms with Crippen LogP contribution in [0.1, 0.15) is 26.3 Å². The molecule has 1 aromatic rings. The second-order valence-corrected chi connectivity index (χ2v) is 5.66. The minimum Gasteiger partial charge on any atom is -0.454 e. The Labute approximate surface area is 127 Å². The van der Waals surface area contributed by atoms with Gasteiger partial charge in [0, 0.05) is 12.6 Å². The van der Waals surface area contributed by atoms with Gasteiger partial charge in [0.1, 0.15) is 0 Å². The topological polar surface area (TPSA) is 54.9 Å². The highest BCUT2D eigenvalue weighted by molar-refractivity contribution is 9.10. The van der Waals surface area contributed by atoms with Crippen LogP contribution >= 0.6 is 15.9 Å². The third-order valence-electron chi connectivity index (χ3n) is 2.68. The zero-order valence-electron chi connectivity index (χ0n) is 12.0. The van der Waals surface area contributed by atoms with Crippen molar-refractivity contribution in [3.05, 3.63) is 22.2 Å². The molecule has 0 aliphatic carbocycles. The Morgan fingerprint density at radius 2 is 2.20 bits per heavy atom. The van der Waals surface area contributed by atoms with E-state index in [2.05, 4.69) is 52.3 Å². The molecule has 110 valence electrons. The highest BCUT2D eigenvalue weighted by Crippen LogP contribution is 2.40.